The lowest BCUT2D eigenvalue weighted by Gasteiger charge is -2.28. The predicted octanol–water partition coefficient (Wildman–Crippen LogP) is 8.12. The number of nitrogens with one attached hydrogen (secondary N) is 1. The number of rotatable bonds is 8. The maximum absolute atomic E-state index is 13.6. The van der Waals surface area contributed by atoms with E-state index in [4.69, 9.17) is 4.74 Å². The van der Waals surface area contributed by atoms with E-state index in [1.807, 2.05) is 36.4 Å². The fourth-order valence-electron chi connectivity index (χ4n) is 6.20. The molecular weight excluding hydrogens is 470 g/mol. The fraction of sp³-hybridized carbons (Fsp3) is 0.441. The highest BCUT2D eigenvalue weighted by Gasteiger charge is 2.29. The molecule has 38 heavy (non-hydrogen) atoms. The summed E-state index contributed by atoms with van der Waals surface area (Å²) >= 11 is 0. The van der Waals surface area contributed by atoms with E-state index in [1.165, 1.54) is 25.7 Å². The molecule has 1 aliphatic carbocycles. The van der Waals surface area contributed by atoms with Crippen molar-refractivity contribution in [3.63, 3.8) is 0 Å². The molecule has 3 aromatic carbocycles. The van der Waals surface area contributed by atoms with Crippen molar-refractivity contribution in [2.45, 2.75) is 89.6 Å². The number of amides is 1. The molecule has 4 heteroatoms. The average Bonchev–Trinajstić information content (AvgIpc) is 3.40. The van der Waals surface area contributed by atoms with Crippen molar-refractivity contribution >= 4 is 11.6 Å². The zero-order chi connectivity index (χ0) is 26.7. The van der Waals surface area contributed by atoms with Crippen LogP contribution in [0.3, 0.4) is 0 Å². The first-order valence-electron chi connectivity index (χ1n) is 14.2. The minimum Gasteiger partial charge on any atom is -0.457 e. The van der Waals surface area contributed by atoms with Gasteiger partial charge in [-0.25, -0.2) is 0 Å². The third-order valence-electron chi connectivity index (χ3n) is 8.21. The summed E-state index contributed by atoms with van der Waals surface area (Å²) in [5, 5.41) is 13.9. The number of aliphatic hydroxyl groups excluding tert-OH is 1. The van der Waals surface area contributed by atoms with E-state index in [-0.39, 0.29) is 23.3 Å². The van der Waals surface area contributed by atoms with Crippen LogP contribution in [0.25, 0.3) is 0 Å². The zero-order valence-corrected chi connectivity index (χ0v) is 23.0. The quantitative estimate of drug-likeness (QED) is 0.321. The average molecular weight is 512 g/mol. The largest absolute Gasteiger partial charge is 0.457 e. The first kappa shape index (κ1) is 26.5. The molecule has 2 N–H and O–H groups in total. The van der Waals surface area contributed by atoms with Gasteiger partial charge in [-0.2, -0.15) is 0 Å². The number of carbonyl (C=O) groups is 1. The van der Waals surface area contributed by atoms with Crippen LogP contribution in [0, 0.1) is 5.92 Å². The van der Waals surface area contributed by atoms with Gasteiger partial charge in [-0.05, 0) is 59.9 Å². The van der Waals surface area contributed by atoms with Crippen molar-refractivity contribution in [3.8, 4) is 11.5 Å². The van der Waals surface area contributed by atoms with Gasteiger partial charge < -0.3 is 15.2 Å². The van der Waals surface area contributed by atoms with Gasteiger partial charge in [-0.3, -0.25) is 4.79 Å². The Hall–Kier alpha value is -3.11. The predicted molar refractivity (Wildman–Crippen MR) is 154 cm³/mol. The summed E-state index contributed by atoms with van der Waals surface area (Å²) in [7, 11) is 0. The SMILES string of the molecule is CC(C)(C)c1ccc(CCC(O)CC2CCCC2)cc1NC(=O)CC1c2ccccc2Oc2ccccc21. The molecule has 0 saturated heterocycles. The lowest BCUT2D eigenvalue weighted by Crippen LogP contribution is -2.22. The number of carbonyl (C=O) groups excluding carboxylic acids is 1. The molecule has 0 spiro atoms. The van der Waals surface area contributed by atoms with Gasteiger partial charge in [0, 0.05) is 29.2 Å². The lowest BCUT2D eigenvalue weighted by molar-refractivity contribution is -0.116. The summed E-state index contributed by atoms with van der Waals surface area (Å²) in [4.78, 5) is 13.6. The molecule has 1 saturated carbocycles. The molecule has 0 bridgehead atoms. The molecular formula is C34H41NO3. The number of ether oxygens (including phenoxy) is 1. The summed E-state index contributed by atoms with van der Waals surface area (Å²) in [5.74, 6) is 2.24. The van der Waals surface area contributed by atoms with Crippen molar-refractivity contribution in [1.29, 1.82) is 0 Å². The van der Waals surface area contributed by atoms with Crippen LogP contribution in [0.4, 0.5) is 5.69 Å². The number of aliphatic hydroxyl groups is 1. The number of hydrogen-bond donors (Lipinski definition) is 2. The van der Waals surface area contributed by atoms with Gasteiger partial charge in [0.2, 0.25) is 5.91 Å². The summed E-state index contributed by atoms with van der Waals surface area (Å²) < 4.78 is 6.12. The van der Waals surface area contributed by atoms with Crippen LogP contribution in [0.1, 0.15) is 93.9 Å². The van der Waals surface area contributed by atoms with Gasteiger partial charge in [-0.1, -0.05) is 95.0 Å². The number of hydrogen-bond acceptors (Lipinski definition) is 3. The molecule has 0 radical (unpaired) electrons. The van der Waals surface area contributed by atoms with Crippen LogP contribution in [0.15, 0.2) is 66.7 Å². The lowest BCUT2D eigenvalue weighted by atomic mass is 9.84. The van der Waals surface area contributed by atoms with Crippen molar-refractivity contribution in [2.24, 2.45) is 5.92 Å². The molecule has 2 aliphatic rings. The van der Waals surface area contributed by atoms with Gasteiger partial charge in [0.15, 0.2) is 0 Å². The summed E-state index contributed by atoms with van der Waals surface area (Å²) in [6.45, 7) is 6.52. The highest BCUT2D eigenvalue weighted by atomic mass is 16.5. The van der Waals surface area contributed by atoms with Crippen molar-refractivity contribution in [1.82, 2.24) is 0 Å². The monoisotopic (exact) mass is 511 g/mol. The maximum Gasteiger partial charge on any atom is 0.225 e. The standard InChI is InChI=1S/C34H41NO3/c1-34(2,3)29-19-17-24(16-18-25(36)20-23-10-4-5-11-23)21-30(29)35-33(37)22-28-26-12-6-8-14-31(26)38-32-15-9-7-13-27(28)32/h6-9,12-15,17,19,21,23,25,28,36H,4-5,10-11,16,18,20,22H2,1-3H3,(H,35,37). The van der Waals surface area contributed by atoms with Crippen LogP contribution in [-0.4, -0.2) is 17.1 Å². The van der Waals surface area contributed by atoms with Gasteiger partial charge in [0.1, 0.15) is 11.5 Å². The molecule has 1 fully saturated rings. The van der Waals surface area contributed by atoms with Gasteiger partial charge in [0.25, 0.3) is 0 Å². The van der Waals surface area contributed by atoms with Gasteiger partial charge >= 0.3 is 0 Å². The number of benzene rings is 3. The fourth-order valence-corrected chi connectivity index (χ4v) is 6.20. The highest BCUT2D eigenvalue weighted by molar-refractivity contribution is 5.93. The van der Waals surface area contributed by atoms with Crippen molar-refractivity contribution < 1.29 is 14.6 Å². The second kappa shape index (κ2) is 11.3. The molecule has 1 heterocycles. The molecule has 5 rings (SSSR count). The van der Waals surface area contributed by atoms with Crippen LogP contribution in [-0.2, 0) is 16.6 Å². The molecule has 1 unspecified atom stereocenters. The number of anilines is 1. The molecule has 1 aliphatic heterocycles. The third-order valence-corrected chi connectivity index (χ3v) is 8.21. The van der Waals surface area contributed by atoms with Crippen LogP contribution >= 0.6 is 0 Å². The Labute approximate surface area is 227 Å². The molecule has 3 aromatic rings. The highest BCUT2D eigenvalue weighted by Crippen LogP contribution is 2.45. The van der Waals surface area contributed by atoms with E-state index < -0.39 is 0 Å². The summed E-state index contributed by atoms with van der Waals surface area (Å²) in [6, 6.07) is 22.4. The maximum atomic E-state index is 13.6. The molecule has 1 atom stereocenters. The topological polar surface area (TPSA) is 58.6 Å². The van der Waals surface area contributed by atoms with Crippen LogP contribution in [0.5, 0.6) is 11.5 Å². The van der Waals surface area contributed by atoms with Gasteiger partial charge in [-0.15, -0.1) is 0 Å². The van der Waals surface area contributed by atoms with E-state index in [0.29, 0.717) is 12.3 Å². The number of aryl methyl sites for hydroxylation is 1. The van der Waals surface area contributed by atoms with E-state index in [0.717, 1.165) is 58.7 Å². The second-order valence-electron chi connectivity index (χ2n) is 12.2. The minimum absolute atomic E-state index is 0.00887. The second-order valence-corrected chi connectivity index (χ2v) is 12.2. The Balaban J connectivity index is 1.32. The minimum atomic E-state index is -0.257. The summed E-state index contributed by atoms with van der Waals surface area (Å²) in [5.41, 5.74) is 5.12. The Kier molecular flexibility index (Phi) is 7.90. The van der Waals surface area contributed by atoms with E-state index in [9.17, 15) is 9.90 Å². The summed E-state index contributed by atoms with van der Waals surface area (Å²) in [6.07, 6.45) is 7.69. The van der Waals surface area contributed by atoms with E-state index in [1.54, 1.807) is 0 Å². The third kappa shape index (κ3) is 6.13. The van der Waals surface area contributed by atoms with Crippen LogP contribution in [0.2, 0.25) is 0 Å². The number of para-hydroxylation sites is 2. The zero-order valence-electron chi connectivity index (χ0n) is 23.0. The molecule has 4 nitrogen and oxygen atoms in total. The van der Waals surface area contributed by atoms with E-state index in [2.05, 4.69) is 56.4 Å². The van der Waals surface area contributed by atoms with Crippen molar-refractivity contribution in [3.05, 3.63) is 89.0 Å². The normalized spacial score (nSPS) is 16.4. The molecule has 0 aromatic heterocycles. The number of fused-ring (bicyclic) bond motifs is 2. The first-order chi connectivity index (χ1) is 18.3. The Bertz CT molecular complexity index is 1220. The Morgan fingerprint density at radius 2 is 1.61 bits per heavy atom. The Morgan fingerprint density at radius 3 is 2.24 bits per heavy atom. The molecule has 1 amide bonds. The smallest absolute Gasteiger partial charge is 0.225 e. The van der Waals surface area contributed by atoms with Crippen LogP contribution < -0.4 is 10.1 Å². The first-order valence-corrected chi connectivity index (χ1v) is 14.2. The molecule has 200 valence electrons. The van der Waals surface area contributed by atoms with Gasteiger partial charge in [0.05, 0.1) is 6.10 Å². The van der Waals surface area contributed by atoms with E-state index >= 15 is 0 Å². The Morgan fingerprint density at radius 1 is 0.974 bits per heavy atom. The van der Waals surface area contributed by atoms with Crippen molar-refractivity contribution in [2.75, 3.05) is 5.32 Å².